The molecule has 32 heavy (non-hydrogen) atoms. The summed E-state index contributed by atoms with van der Waals surface area (Å²) in [5.74, 6) is 0.588. The van der Waals surface area contributed by atoms with E-state index < -0.39 is 6.09 Å². The van der Waals surface area contributed by atoms with E-state index in [9.17, 15) is 20.0 Å². The van der Waals surface area contributed by atoms with Crippen LogP contribution in [0.1, 0.15) is 71.4 Å². The molecule has 2 aliphatic rings. The van der Waals surface area contributed by atoms with Crippen molar-refractivity contribution in [1.29, 1.82) is 0 Å². The minimum atomic E-state index is -0.833. The molecule has 1 aromatic rings. The Morgan fingerprint density at radius 2 is 2.00 bits per heavy atom. The third kappa shape index (κ3) is 4.76. The van der Waals surface area contributed by atoms with Crippen molar-refractivity contribution in [1.82, 2.24) is 4.90 Å². The molecule has 1 amide bonds. The molecule has 1 heterocycles. The summed E-state index contributed by atoms with van der Waals surface area (Å²) >= 11 is 0. The highest BCUT2D eigenvalue weighted by Crippen LogP contribution is 2.54. The summed E-state index contributed by atoms with van der Waals surface area (Å²) in [6.45, 7) is 13.4. The number of hydrogen-bond donors (Lipinski definition) is 1. The van der Waals surface area contributed by atoms with Gasteiger partial charge in [0.1, 0.15) is 0 Å². The van der Waals surface area contributed by atoms with E-state index in [0.29, 0.717) is 18.8 Å². The topological polar surface area (TPSA) is 92.9 Å². The Hall–Kier alpha value is -2.57. The third-order valence-electron chi connectivity index (χ3n) is 7.20. The molecule has 2 unspecified atom stereocenters. The Morgan fingerprint density at radius 3 is 2.50 bits per heavy atom. The predicted molar refractivity (Wildman–Crippen MR) is 125 cm³/mol. The maximum atomic E-state index is 11.6. The molecule has 2 atom stereocenters. The smallest absolute Gasteiger partial charge is 0.407 e. The van der Waals surface area contributed by atoms with Crippen molar-refractivity contribution in [3.05, 3.63) is 39.4 Å². The standard InChI is InChI=1S/C25H36N2O5/c1-16(2)32-21-14-19(17(3)13-20(21)27(30)31)18-7-9-25(10-8-18)11-12-26(23(28)29)15-22(25)24(4,5)6/h7,13-14,16,22H,8-12,15H2,1-6H3,(H,28,29). The highest BCUT2D eigenvalue weighted by molar-refractivity contribution is 5.73. The van der Waals surface area contributed by atoms with Crippen molar-refractivity contribution < 1.29 is 19.6 Å². The number of allylic oxidation sites excluding steroid dienone is 2. The zero-order valence-corrected chi connectivity index (χ0v) is 20.1. The number of aryl methyl sites for hydroxylation is 1. The summed E-state index contributed by atoms with van der Waals surface area (Å²) in [5.41, 5.74) is 3.17. The van der Waals surface area contributed by atoms with Crippen LogP contribution in [0, 0.1) is 33.8 Å². The van der Waals surface area contributed by atoms with E-state index >= 15 is 0 Å². The molecular formula is C25H36N2O5. The van der Waals surface area contributed by atoms with Crippen LogP contribution < -0.4 is 4.74 Å². The van der Waals surface area contributed by atoms with Gasteiger partial charge in [-0.15, -0.1) is 0 Å². The average Bonchev–Trinajstić information content (AvgIpc) is 2.68. The molecule has 176 valence electrons. The molecule has 0 bridgehead atoms. The molecule has 3 rings (SSSR count). The normalized spacial score (nSPS) is 23.9. The number of carboxylic acid groups (broad SMARTS) is 1. The maximum absolute atomic E-state index is 11.6. The molecule has 7 nitrogen and oxygen atoms in total. The third-order valence-corrected chi connectivity index (χ3v) is 7.20. The second kappa shape index (κ2) is 8.75. The molecule has 1 spiro atoms. The first-order chi connectivity index (χ1) is 14.8. The van der Waals surface area contributed by atoms with Crippen LogP contribution in [0.15, 0.2) is 18.2 Å². The molecule has 0 saturated carbocycles. The zero-order valence-electron chi connectivity index (χ0n) is 20.1. The lowest BCUT2D eigenvalue weighted by atomic mass is 9.55. The van der Waals surface area contributed by atoms with Gasteiger partial charge in [-0.1, -0.05) is 26.8 Å². The van der Waals surface area contributed by atoms with Gasteiger partial charge >= 0.3 is 11.8 Å². The Balaban J connectivity index is 1.93. The number of rotatable bonds is 4. The van der Waals surface area contributed by atoms with Gasteiger partial charge in [0.15, 0.2) is 5.75 Å². The Labute approximate surface area is 190 Å². The fourth-order valence-electron chi connectivity index (χ4n) is 5.62. The van der Waals surface area contributed by atoms with Gasteiger partial charge in [-0.25, -0.2) is 4.79 Å². The van der Waals surface area contributed by atoms with Crippen LogP contribution in [0.2, 0.25) is 0 Å². The van der Waals surface area contributed by atoms with Gasteiger partial charge in [-0.05, 0) is 86.0 Å². The number of likely N-dealkylation sites (tertiary alicyclic amines) is 1. The monoisotopic (exact) mass is 444 g/mol. The first-order valence-electron chi connectivity index (χ1n) is 11.5. The van der Waals surface area contributed by atoms with Crippen LogP contribution >= 0.6 is 0 Å². The molecule has 0 aromatic heterocycles. The number of amides is 1. The predicted octanol–water partition coefficient (Wildman–Crippen LogP) is 6.29. The quantitative estimate of drug-likeness (QED) is 0.435. The Bertz CT molecular complexity index is 931. The van der Waals surface area contributed by atoms with Crippen molar-refractivity contribution in [2.75, 3.05) is 13.1 Å². The molecule has 0 radical (unpaired) electrons. The maximum Gasteiger partial charge on any atom is 0.407 e. The lowest BCUT2D eigenvalue weighted by Gasteiger charge is -2.54. The van der Waals surface area contributed by atoms with E-state index in [-0.39, 0.29) is 33.5 Å². The van der Waals surface area contributed by atoms with Gasteiger partial charge in [0.25, 0.3) is 0 Å². The van der Waals surface area contributed by atoms with Gasteiger partial charge < -0.3 is 14.7 Å². The molecule has 1 saturated heterocycles. The highest BCUT2D eigenvalue weighted by Gasteiger charge is 2.49. The summed E-state index contributed by atoms with van der Waals surface area (Å²) in [6.07, 6.45) is 4.93. The van der Waals surface area contributed by atoms with Crippen molar-refractivity contribution in [3.63, 3.8) is 0 Å². The minimum Gasteiger partial charge on any atom is -0.484 e. The summed E-state index contributed by atoms with van der Waals surface area (Å²) in [7, 11) is 0. The molecule has 1 fully saturated rings. The highest BCUT2D eigenvalue weighted by atomic mass is 16.6. The first kappa shape index (κ1) is 24.1. The Morgan fingerprint density at radius 1 is 1.31 bits per heavy atom. The lowest BCUT2D eigenvalue weighted by molar-refractivity contribution is -0.386. The van der Waals surface area contributed by atoms with Crippen molar-refractivity contribution in [2.45, 2.75) is 73.3 Å². The number of hydrogen-bond acceptors (Lipinski definition) is 4. The van der Waals surface area contributed by atoms with Crippen LogP contribution in [-0.4, -0.2) is 40.2 Å². The van der Waals surface area contributed by atoms with Crippen molar-refractivity contribution in [2.24, 2.45) is 16.7 Å². The molecule has 7 heteroatoms. The molecular weight excluding hydrogens is 408 g/mol. The van der Waals surface area contributed by atoms with E-state index in [2.05, 4.69) is 26.8 Å². The largest absolute Gasteiger partial charge is 0.484 e. The molecule has 1 N–H and O–H groups in total. The first-order valence-corrected chi connectivity index (χ1v) is 11.5. The Kier molecular flexibility index (Phi) is 6.59. The van der Waals surface area contributed by atoms with Crippen LogP contribution in [0.5, 0.6) is 5.75 Å². The van der Waals surface area contributed by atoms with Gasteiger partial charge in [-0.3, -0.25) is 10.1 Å². The summed E-state index contributed by atoms with van der Waals surface area (Å²) < 4.78 is 5.77. The van der Waals surface area contributed by atoms with E-state index in [0.717, 1.165) is 36.8 Å². The molecule has 1 aliphatic carbocycles. The lowest BCUT2D eigenvalue weighted by Crippen LogP contribution is -2.53. The number of piperidine rings is 1. The fourth-order valence-corrected chi connectivity index (χ4v) is 5.62. The van der Waals surface area contributed by atoms with Crippen LogP contribution in [0.25, 0.3) is 5.57 Å². The van der Waals surface area contributed by atoms with Crippen LogP contribution in [0.4, 0.5) is 10.5 Å². The van der Waals surface area contributed by atoms with E-state index in [4.69, 9.17) is 4.74 Å². The summed E-state index contributed by atoms with van der Waals surface area (Å²) in [5, 5.41) is 21.0. The van der Waals surface area contributed by atoms with Crippen molar-refractivity contribution in [3.8, 4) is 5.75 Å². The second-order valence-electron chi connectivity index (χ2n) is 10.8. The van der Waals surface area contributed by atoms with Gasteiger partial charge in [0, 0.05) is 19.2 Å². The molecule has 1 aromatic carbocycles. The van der Waals surface area contributed by atoms with Gasteiger partial charge in [0.05, 0.1) is 11.0 Å². The molecule has 1 aliphatic heterocycles. The van der Waals surface area contributed by atoms with Crippen molar-refractivity contribution >= 4 is 17.4 Å². The van der Waals surface area contributed by atoms with E-state index in [1.165, 1.54) is 5.57 Å². The fraction of sp³-hybridized carbons (Fsp3) is 0.640. The summed E-state index contributed by atoms with van der Waals surface area (Å²) in [4.78, 5) is 24.3. The number of nitro benzene ring substituents is 1. The SMILES string of the molecule is Cc1cc([N+](=O)[O-])c(OC(C)C)cc1C1=CCC2(CC1)CCN(C(=O)O)CC2C(C)(C)C. The number of nitrogens with zero attached hydrogens (tertiary/aromatic N) is 2. The number of nitro groups is 1. The average molecular weight is 445 g/mol. The number of ether oxygens (including phenoxy) is 1. The number of carbonyl (C=O) groups is 1. The second-order valence-corrected chi connectivity index (χ2v) is 10.8. The summed E-state index contributed by atoms with van der Waals surface area (Å²) in [6, 6.07) is 3.44. The van der Waals surface area contributed by atoms with E-state index in [1.54, 1.807) is 11.0 Å². The number of benzene rings is 1. The van der Waals surface area contributed by atoms with Gasteiger partial charge in [0.2, 0.25) is 0 Å². The minimum absolute atomic E-state index is 0.00100. The van der Waals surface area contributed by atoms with Gasteiger partial charge in [-0.2, -0.15) is 0 Å². The van der Waals surface area contributed by atoms with Crippen LogP contribution in [0.3, 0.4) is 0 Å². The van der Waals surface area contributed by atoms with Crippen LogP contribution in [-0.2, 0) is 0 Å². The zero-order chi connectivity index (χ0) is 23.8. The van der Waals surface area contributed by atoms with E-state index in [1.807, 2.05) is 26.8 Å².